The second-order valence-corrected chi connectivity index (χ2v) is 5.43. The first-order valence-electron chi connectivity index (χ1n) is 6.51. The van der Waals surface area contributed by atoms with E-state index in [2.05, 4.69) is 29.7 Å². The first-order valence-corrected chi connectivity index (χ1v) is 7.30. The molecule has 2 N–H and O–H groups in total. The van der Waals surface area contributed by atoms with E-state index in [0.717, 1.165) is 23.4 Å². The summed E-state index contributed by atoms with van der Waals surface area (Å²) in [6.45, 7) is 4.13. The number of hydrogen-bond donors (Lipinski definition) is 2. The lowest BCUT2D eigenvalue weighted by Crippen LogP contribution is -2.19. The van der Waals surface area contributed by atoms with Gasteiger partial charge in [-0.25, -0.2) is 0 Å². The fourth-order valence-corrected chi connectivity index (χ4v) is 2.39. The van der Waals surface area contributed by atoms with Crippen LogP contribution >= 0.6 is 23.8 Å². The summed E-state index contributed by atoms with van der Waals surface area (Å²) in [5.41, 5.74) is 4.17. The molecule has 0 amide bonds. The number of benzene rings is 2. The maximum atomic E-state index is 6.17. The van der Waals surface area contributed by atoms with Gasteiger partial charge >= 0.3 is 0 Å². The molecule has 0 fully saturated rings. The Kier molecular flexibility index (Phi) is 4.99. The smallest absolute Gasteiger partial charge is 0.175 e. The first-order chi connectivity index (χ1) is 9.58. The topological polar surface area (TPSA) is 24.1 Å². The Labute approximate surface area is 130 Å². The molecule has 4 heteroatoms. The van der Waals surface area contributed by atoms with E-state index in [1.165, 1.54) is 5.56 Å². The van der Waals surface area contributed by atoms with Gasteiger partial charge in [0.2, 0.25) is 0 Å². The van der Waals surface area contributed by atoms with Gasteiger partial charge in [-0.15, -0.1) is 0 Å². The summed E-state index contributed by atoms with van der Waals surface area (Å²) >= 11 is 11.5. The van der Waals surface area contributed by atoms with Crippen molar-refractivity contribution in [2.45, 2.75) is 20.3 Å². The molecule has 0 bridgehead atoms. The summed E-state index contributed by atoms with van der Waals surface area (Å²) in [6.07, 6.45) is 1.000. The summed E-state index contributed by atoms with van der Waals surface area (Å²) in [5.74, 6) is 0. The van der Waals surface area contributed by atoms with Crippen LogP contribution in [0.5, 0.6) is 0 Å². The minimum Gasteiger partial charge on any atom is -0.332 e. The largest absolute Gasteiger partial charge is 0.332 e. The number of hydrogen-bond acceptors (Lipinski definition) is 1. The second kappa shape index (κ2) is 6.73. The molecule has 0 unspecified atom stereocenters. The molecule has 0 aliphatic rings. The van der Waals surface area contributed by atoms with Crippen molar-refractivity contribution in [1.29, 1.82) is 0 Å². The summed E-state index contributed by atoms with van der Waals surface area (Å²) < 4.78 is 0. The molecule has 0 saturated carbocycles. The second-order valence-electron chi connectivity index (χ2n) is 4.62. The van der Waals surface area contributed by atoms with Crippen molar-refractivity contribution in [2.75, 3.05) is 10.6 Å². The van der Waals surface area contributed by atoms with Crippen molar-refractivity contribution < 1.29 is 0 Å². The van der Waals surface area contributed by atoms with E-state index in [4.69, 9.17) is 23.8 Å². The Bertz CT molecular complexity index is 626. The van der Waals surface area contributed by atoms with E-state index in [1.54, 1.807) is 0 Å². The van der Waals surface area contributed by atoms with Crippen LogP contribution < -0.4 is 10.6 Å². The summed E-state index contributed by atoms with van der Waals surface area (Å²) in [4.78, 5) is 0. The highest BCUT2D eigenvalue weighted by Crippen LogP contribution is 2.23. The van der Waals surface area contributed by atoms with Gasteiger partial charge < -0.3 is 10.6 Å². The molecule has 0 aromatic heterocycles. The zero-order chi connectivity index (χ0) is 14.5. The predicted molar refractivity (Wildman–Crippen MR) is 91.9 cm³/mol. The minimum atomic E-state index is 0.531. The van der Waals surface area contributed by atoms with Gasteiger partial charge in [-0.2, -0.15) is 0 Å². The molecule has 0 atom stereocenters. The van der Waals surface area contributed by atoms with Gasteiger partial charge in [-0.1, -0.05) is 36.7 Å². The highest BCUT2D eigenvalue weighted by Gasteiger charge is 2.03. The summed E-state index contributed by atoms with van der Waals surface area (Å²) in [6, 6.07) is 14.0. The van der Waals surface area contributed by atoms with Crippen molar-refractivity contribution in [3.05, 3.63) is 58.6 Å². The monoisotopic (exact) mass is 304 g/mol. The van der Waals surface area contributed by atoms with Crippen LogP contribution in [0.4, 0.5) is 11.4 Å². The van der Waals surface area contributed by atoms with E-state index in [0.29, 0.717) is 10.1 Å². The van der Waals surface area contributed by atoms with Gasteiger partial charge in [0.25, 0.3) is 0 Å². The molecule has 0 aliphatic heterocycles. The third-order valence-electron chi connectivity index (χ3n) is 2.97. The van der Waals surface area contributed by atoms with Gasteiger partial charge in [0, 0.05) is 5.69 Å². The van der Waals surface area contributed by atoms with Crippen LogP contribution in [-0.4, -0.2) is 5.11 Å². The molecule has 2 aromatic carbocycles. The van der Waals surface area contributed by atoms with Crippen molar-refractivity contribution in [2.24, 2.45) is 0 Å². The highest BCUT2D eigenvalue weighted by molar-refractivity contribution is 7.80. The lowest BCUT2D eigenvalue weighted by molar-refractivity contribution is 1.14. The van der Waals surface area contributed by atoms with Crippen LogP contribution in [0.3, 0.4) is 0 Å². The fourth-order valence-electron chi connectivity index (χ4n) is 1.88. The number of rotatable bonds is 3. The molecular formula is C16H17ClN2S. The van der Waals surface area contributed by atoms with Crippen LogP contribution in [0.2, 0.25) is 5.02 Å². The summed E-state index contributed by atoms with van der Waals surface area (Å²) in [5, 5.41) is 7.48. The average Bonchev–Trinajstić information content (AvgIpc) is 2.42. The number of aryl methyl sites for hydroxylation is 2. The Hall–Kier alpha value is -1.58. The Morgan fingerprint density at radius 2 is 1.95 bits per heavy atom. The van der Waals surface area contributed by atoms with Crippen LogP contribution in [-0.2, 0) is 6.42 Å². The Morgan fingerprint density at radius 1 is 1.15 bits per heavy atom. The molecule has 0 aliphatic carbocycles. The predicted octanol–water partition coefficient (Wildman–Crippen LogP) is 5.02. The van der Waals surface area contributed by atoms with Crippen molar-refractivity contribution in [3.63, 3.8) is 0 Å². The quantitative estimate of drug-likeness (QED) is 0.779. The van der Waals surface area contributed by atoms with Crippen molar-refractivity contribution in [3.8, 4) is 0 Å². The van der Waals surface area contributed by atoms with Gasteiger partial charge in [0.05, 0.1) is 10.7 Å². The SMILES string of the molecule is CCc1cccc(NC(=S)Nc2ccc(C)cc2Cl)c1. The van der Waals surface area contributed by atoms with Crippen LogP contribution in [0.25, 0.3) is 0 Å². The molecule has 0 saturated heterocycles. The van der Waals surface area contributed by atoms with Gasteiger partial charge in [0.15, 0.2) is 5.11 Å². The van der Waals surface area contributed by atoms with Crippen molar-refractivity contribution in [1.82, 2.24) is 0 Å². The standard InChI is InChI=1S/C16H17ClN2S/c1-3-12-5-4-6-13(10-12)18-16(20)19-15-8-7-11(2)9-14(15)17/h4-10H,3H2,1-2H3,(H2,18,19,20). The molecule has 2 nitrogen and oxygen atoms in total. The van der Waals surface area contributed by atoms with Crippen LogP contribution in [0.1, 0.15) is 18.1 Å². The van der Waals surface area contributed by atoms with Gasteiger partial charge in [-0.05, 0) is 61.0 Å². The molecule has 0 radical (unpaired) electrons. The maximum absolute atomic E-state index is 6.17. The molecule has 0 spiro atoms. The zero-order valence-electron chi connectivity index (χ0n) is 11.5. The number of nitrogens with one attached hydrogen (secondary N) is 2. The van der Waals surface area contributed by atoms with Crippen LogP contribution in [0.15, 0.2) is 42.5 Å². The molecule has 2 aromatic rings. The minimum absolute atomic E-state index is 0.531. The number of thiocarbonyl (C=S) groups is 1. The maximum Gasteiger partial charge on any atom is 0.175 e. The fraction of sp³-hybridized carbons (Fsp3) is 0.188. The normalized spacial score (nSPS) is 10.2. The zero-order valence-corrected chi connectivity index (χ0v) is 13.1. The first kappa shape index (κ1) is 14.8. The number of halogens is 1. The van der Waals surface area contributed by atoms with Crippen LogP contribution in [0, 0.1) is 6.92 Å². The van der Waals surface area contributed by atoms with E-state index in [-0.39, 0.29) is 0 Å². The van der Waals surface area contributed by atoms with E-state index in [1.807, 2.05) is 37.3 Å². The molecule has 20 heavy (non-hydrogen) atoms. The van der Waals surface area contributed by atoms with E-state index >= 15 is 0 Å². The third kappa shape index (κ3) is 3.95. The lowest BCUT2D eigenvalue weighted by Gasteiger charge is -2.12. The average molecular weight is 305 g/mol. The molecule has 0 heterocycles. The van der Waals surface area contributed by atoms with E-state index in [9.17, 15) is 0 Å². The highest BCUT2D eigenvalue weighted by atomic mass is 35.5. The van der Waals surface area contributed by atoms with Gasteiger partial charge in [0.1, 0.15) is 0 Å². The summed E-state index contributed by atoms with van der Waals surface area (Å²) in [7, 11) is 0. The molecule has 104 valence electrons. The van der Waals surface area contributed by atoms with Gasteiger partial charge in [-0.3, -0.25) is 0 Å². The molecular weight excluding hydrogens is 288 g/mol. The third-order valence-corrected chi connectivity index (χ3v) is 3.48. The Balaban J connectivity index is 2.05. The Morgan fingerprint density at radius 3 is 2.65 bits per heavy atom. The molecule has 2 rings (SSSR count). The van der Waals surface area contributed by atoms with Crippen molar-refractivity contribution >= 4 is 40.3 Å². The van der Waals surface area contributed by atoms with E-state index < -0.39 is 0 Å². The number of anilines is 2. The lowest BCUT2D eigenvalue weighted by atomic mass is 10.1.